The van der Waals surface area contributed by atoms with Gasteiger partial charge in [0.2, 0.25) is 0 Å². The smallest absolute Gasteiger partial charge is 0.267 e. The number of amides is 1. The summed E-state index contributed by atoms with van der Waals surface area (Å²) in [5.74, 6) is 0.147. The number of nitrogens with one attached hydrogen (secondary N) is 1. The van der Waals surface area contributed by atoms with Gasteiger partial charge in [-0.3, -0.25) is 19.0 Å². The number of thioether (sulfide) groups is 1. The summed E-state index contributed by atoms with van der Waals surface area (Å²) >= 11 is 1.52. The second kappa shape index (κ2) is 11.0. The number of hydroxylamine groups is 1. The first-order valence-corrected chi connectivity index (χ1v) is 10.9. The molecule has 1 aromatic heterocycles. The van der Waals surface area contributed by atoms with Gasteiger partial charge in [0, 0.05) is 12.2 Å². The number of hydrogen-bond donors (Lipinski definition) is 1. The Kier molecular flexibility index (Phi) is 8.69. The molecule has 1 aromatic rings. The molecule has 0 aliphatic carbocycles. The second-order valence-corrected chi connectivity index (χ2v) is 7.88. The molecule has 2 heterocycles. The average Bonchev–Trinajstić information content (AvgIpc) is 3.18. The molecule has 0 aromatic carbocycles. The Morgan fingerprint density at radius 3 is 2.70 bits per heavy atom. The molecule has 1 aliphatic rings. The van der Waals surface area contributed by atoms with Crippen molar-refractivity contribution in [3.05, 3.63) is 82.2 Å². The van der Waals surface area contributed by atoms with Crippen LogP contribution in [-0.4, -0.2) is 23.3 Å². The van der Waals surface area contributed by atoms with Gasteiger partial charge in [0.05, 0.1) is 17.7 Å². The highest BCUT2D eigenvalue weighted by atomic mass is 32.2. The number of aromatic nitrogens is 1. The van der Waals surface area contributed by atoms with Crippen molar-refractivity contribution in [3.8, 4) is 0 Å². The van der Waals surface area contributed by atoms with Gasteiger partial charge in [-0.05, 0) is 42.5 Å². The summed E-state index contributed by atoms with van der Waals surface area (Å²) in [6.45, 7) is 13.6. The van der Waals surface area contributed by atoms with Crippen molar-refractivity contribution in [1.29, 1.82) is 0 Å². The predicted molar refractivity (Wildman–Crippen MR) is 126 cm³/mol. The fraction of sp³-hybridized carbons (Fsp3) is 0.333. The summed E-state index contributed by atoms with van der Waals surface area (Å²) in [5, 5.41) is 0.823. The molecular formula is C24H30N2O3S. The third-order valence-corrected chi connectivity index (χ3v) is 6.24. The van der Waals surface area contributed by atoms with E-state index in [9.17, 15) is 9.59 Å². The van der Waals surface area contributed by atoms with Crippen LogP contribution in [0.3, 0.4) is 0 Å². The van der Waals surface area contributed by atoms with E-state index in [1.165, 1.54) is 18.9 Å². The van der Waals surface area contributed by atoms with Gasteiger partial charge in [0.1, 0.15) is 6.04 Å². The molecule has 0 saturated carbocycles. The van der Waals surface area contributed by atoms with Gasteiger partial charge in [-0.25, -0.2) is 5.48 Å². The minimum atomic E-state index is -0.626. The lowest BCUT2D eigenvalue weighted by molar-refractivity contribution is -0.134. The molecule has 1 N–H and O–H groups in total. The number of carbonyl (C=O) groups excluding carboxylic acids is 1. The minimum absolute atomic E-state index is 0.158. The van der Waals surface area contributed by atoms with E-state index < -0.39 is 6.04 Å². The van der Waals surface area contributed by atoms with E-state index in [-0.39, 0.29) is 11.5 Å². The van der Waals surface area contributed by atoms with Crippen LogP contribution in [0.25, 0.3) is 5.57 Å². The van der Waals surface area contributed by atoms with Crippen LogP contribution in [0.5, 0.6) is 0 Å². The summed E-state index contributed by atoms with van der Waals surface area (Å²) in [4.78, 5) is 31.0. The molecule has 6 heteroatoms. The number of rotatable bonds is 9. The highest BCUT2D eigenvalue weighted by Gasteiger charge is 2.34. The molecule has 1 aliphatic heterocycles. The van der Waals surface area contributed by atoms with E-state index >= 15 is 0 Å². The third-order valence-electron chi connectivity index (χ3n) is 5.04. The van der Waals surface area contributed by atoms with Crippen molar-refractivity contribution in [1.82, 2.24) is 10.0 Å². The molecule has 0 spiro atoms. The predicted octanol–water partition coefficient (Wildman–Crippen LogP) is 4.69. The number of fused-ring (bicyclic) bond motifs is 1. The summed E-state index contributed by atoms with van der Waals surface area (Å²) in [6.07, 6.45) is 12.8. The molecule has 0 bridgehead atoms. The summed E-state index contributed by atoms with van der Waals surface area (Å²) in [5.41, 5.74) is 6.65. The Labute approximate surface area is 182 Å². The van der Waals surface area contributed by atoms with E-state index in [1.54, 1.807) is 16.7 Å². The normalized spacial score (nSPS) is 16.6. The quantitative estimate of drug-likeness (QED) is 0.460. The molecule has 5 nitrogen and oxygen atoms in total. The maximum Gasteiger partial charge on any atom is 0.267 e. The van der Waals surface area contributed by atoms with Gasteiger partial charge in [0.15, 0.2) is 0 Å². The Morgan fingerprint density at radius 2 is 2.13 bits per heavy atom. The highest BCUT2D eigenvalue weighted by Crippen LogP contribution is 2.38. The Morgan fingerprint density at radius 1 is 1.40 bits per heavy atom. The zero-order valence-corrected chi connectivity index (χ0v) is 19.0. The van der Waals surface area contributed by atoms with Crippen LogP contribution in [0.4, 0.5) is 0 Å². The average molecular weight is 427 g/mol. The Balaban J connectivity index is 2.81. The number of allylic oxidation sites excluding steroid dienone is 8. The van der Waals surface area contributed by atoms with Crippen molar-refractivity contribution in [3.63, 3.8) is 0 Å². The van der Waals surface area contributed by atoms with E-state index in [0.717, 1.165) is 33.7 Å². The molecule has 30 heavy (non-hydrogen) atoms. The van der Waals surface area contributed by atoms with Crippen molar-refractivity contribution in [2.45, 2.75) is 44.7 Å². The summed E-state index contributed by atoms with van der Waals surface area (Å²) in [7, 11) is 1.39. The first-order chi connectivity index (χ1) is 14.4. The van der Waals surface area contributed by atoms with Crippen molar-refractivity contribution < 1.29 is 9.63 Å². The third kappa shape index (κ3) is 4.77. The van der Waals surface area contributed by atoms with Gasteiger partial charge < -0.3 is 0 Å². The van der Waals surface area contributed by atoms with E-state index in [2.05, 4.69) is 25.6 Å². The van der Waals surface area contributed by atoms with Gasteiger partial charge in [-0.1, -0.05) is 56.5 Å². The lowest BCUT2D eigenvalue weighted by atomic mass is 9.94. The molecule has 0 radical (unpaired) electrons. The SMILES string of the molecule is C=C/C=C(\C=C)Cc1c(C)c(C(/C=C\CC)=C/C)c(=O)n2c1SCC2C(=O)NOC. The van der Waals surface area contributed by atoms with E-state index in [4.69, 9.17) is 4.84 Å². The highest BCUT2D eigenvalue weighted by molar-refractivity contribution is 7.99. The van der Waals surface area contributed by atoms with Crippen LogP contribution in [0.2, 0.25) is 0 Å². The first kappa shape index (κ1) is 23.7. The summed E-state index contributed by atoms with van der Waals surface area (Å²) < 4.78 is 1.62. The standard InChI is InChI=1S/C24H30N2O3S/c1-7-11-13-18(10-4)21-16(5)19(14-17(9-3)12-8-2)24-26(23(21)28)20(15-30-24)22(27)25-29-6/h8-13,20H,2-3,7,14-15H2,1,4-6H3,(H,25,27)/b13-11-,17-12+,18-10+. The largest absolute Gasteiger partial charge is 0.289 e. The first-order valence-electron chi connectivity index (χ1n) is 9.95. The number of hydrogen-bond acceptors (Lipinski definition) is 4. The zero-order valence-electron chi connectivity index (χ0n) is 18.2. The lowest BCUT2D eigenvalue weighted by Crippen LogP contribution is -2.37. The molecular weight excluding hydrogens is 396 g/mol. The van der Waals surface area contributed by atoms with Crippen molar-refractivity contribution in [2.24, 2.45) is 0 Å². The number of nitrogens with zero attached hydrogens (tertiary/aromatic N) is 1. The van der Waals surface area contributed by atoms with Crippen molar-refractivity contribution >= 4 is 23.2 Å². The molecule has 2 rings (SSSR count). The topological polar surface area (TPSA) is 60.3 Å². The Bertz CT molecular complexity index is 983. The maximum absolute atomic E-state index is 13.6. The van der Waals surface area contributed by atoms with Gasteiger partial charge >= 0.3 is 0 Å². The van der Waals surface area contributed by atoms with E-state index in [0.29, 0.717) is 17.7 Å². The monoisotopic (exact) mass is 426 g/mol. The van der Waals surface area contributed by atoms with Crippen molar-refractivity contribution in [2.75, 3.05) is 12.9 Å². The maximum atomic E-state index is 13.6. The van der Waals surface area contributed by atoms with Crippen LogP contribution in [0.1, 0.15) is 43.0 Å². The fourth-order valence-electron chi connectivity index (χ4n) is 3.53. The number of pyridine rings is 1. The zero-order chi connectivity index (χ0) is 22.3. The Hall–Kier alpha value is -2.57. The molecule has 1 amide bonds. The van der Waals surface area contributed by atoms with Crippen LogP contribution in [0.15, 0.2) is 65.0 Å². The molecule has 160 valence electrons. The van der Waals surface area contributed by atoms with Crippen LogP contribution >= 0.6 is 11.8 Å². The minimum Gasteiger partial charge on any atom is -0.289 e. The second-order valence-electron chi connectivity index (χ2n) is 6.87. The van der Waals surface area contributed by atoms with E-state index in [1.807, 2.05) is 38.2 Å². The van der Waals surface area contributed by atoms with Gasteiger partial charge in [-0.2, -0.15) is 0 Å². The molecule has 0 fully saturated rings. The molecule has 0 saturated heterocycles. The lowest BCUT2D eigenvalue weighted by Gasteiger charge is -2.20. The van der Waals surface area contributed by atoms with Crippen LogP contribution < -0.4 is 11.0 Å². The van der Waals surface area contributed by atoms with Gasteiger partial charge in [-0.15, -0.1) is 11.8 Å². The fourth-order valence-corrected chi connectivity index (χ4v) is 4.90. The molecule has 1 atom stereocenters. The van der Waals surface area contributed by atoms with Gasteiger partial charge in [0.25, 0.3) is 11.5 Å². The summed E-state index contributed by atoms with van der Waals surface area (Å²) in [6, 6.07) is -0.626. The molecule has 1 unspecified atom stereocenters. The van der Waals surface area contributed by atoms with Crippen LogP contribution in [0, 0.1) is 6.92 Å². The number of carbonyl (C=O) groups is 1. The van der Waals surface area contributed by atoms with Crippen LogP contribution in [-0.2, 0) is 16.1 Å².